The van der Waals surface area contributed by atoms with Crippen LogP contribution in [0.15, 0.2) is 24.3 Å². The molecule has 0 spiro atoms. The highest BCUT2D eigenvalue weighted by Crippen LogP contribution is 2.29. The van der Waals surface area contributed by atoms with Crippen molar-refractivity contribution in [3.05, 3.63) is 29.8 Å². The molecule has 2 rings (SSSR count). The highest BCUT2D eigenvalue weighted by Gasteiger charge is 2.21. The van der Waals surface area contributed by atoms with Gasteiger partial charge in [0.05, 0.1) is 6.10 Å². The van der Waals surface area contributed by atoms with Crippen molar-refractivity contribution in [1.82, 2.24) is 0 Å². The highest BCUT2D eigenvalue weighted by molar-refractivity contribution is 5.35. The average molecular weight is 162 g/mol. The van der Waals surface area contributed by atoms with Gasteiger partial charge in [0, 0.05) is 0 Å². The molecule has 0 aliphatic carbocycles. The van der Waals surface area contributed by atoms with Crippen LogP contribution in [0, 0.1) is 5.92 Å². The molecule has 0 N–H and O–H groups in total. The Morgan fingerprint density at radius 1 is 1.25 bits per heavy atom. The van der Waals surface area contributed by atoms with Crippen LogP contribution in [0.1, 0.15) is 19.4 Å². The van der Waals surface area contributed by atoms with Crippen LogP contribution in [0.2, 0.25) is 0 Å². The van der Waals surface area contributed by atoms with Crippen molar-refractivity contribution in [2.45, 2.75) is 26.4 Å². The number of hydrogen-bond acceptors (Lipinski definition) is 1. The second kappa shape index (κ2) is 2.81. The molecular weight excluding hydrogens is 148 g/mol. The Morgan fingerprint density at radius 3 is 2.83 bits per heavy atom. The number of benzene rings is 1. The summed E-state index contributed by atoms with van der Waals surface area (Å²) in [6.07, 6.45) is 1.51. The average Bonchev–Trinajstić information content (AvgIpc) is 2.07. The Hall–Kier alpha value is -0.980. The smallest absolute Gasteiger partial charge is 0.122 e. The van der Waals surface area contributed by atoms with E-state index in [0.29, 0.717) is 12.0 Å². The summed E-state index contributed by atoms with van der Waals surface area (Å²) in [6.45, 7) is 4.38. The minimum atomic E-state index is 0.361. The quantitative estimate of drug-likeness (QED) is 0.570. The van der Waals surface area contributed by atoms with Crippen molar-refractivity contribution in [3.63, 3.8) is 0 Å². The number of para-hydroxylation sites is 1. The zero-order valence-corrected chi connectivity index (χ0v) is 7.58. The van der Waals surface area contributed by atoms with E-state index < -0.39 is 0 Å². The van der Waals surface area contributed by atoms with Gasteiger partial charge in [0.25, 0.3) is 0 Å². The molecule has 1 aliphatic heterocycles. The first kappa shape index (κ1) is 7.66. The van der Waals surface area contributed by atoms with E-state index in [1.807, 2.05) is 6.07 Å². The molecule has 1 heterocycles. The van der Waals surface area contributed by atoms with Crippen LogP contribution in [0.5, 0.6) is 5.75 Å². The molecule has 2 atom stereocenters. The Kier molecular flexibility index (Phi) is 1.80. The fourth-order valence-corrected chi connectivity index (χ4v) is 1.62. The summed E-state index contributed by atoms with van der Waals surface area (Å²) >= 11 is 0. The molecule has 0 unspecified atom stereocenters. The Bertz CT molecular complexity index is 251. The van der Waals surface area contributed by atoms with Gasteiger partial charge in [-0.2, -0.15) is 0 Å². The van der Waals surface area contributed by atoms with E-state index in [1.165, 1.54) is 5.56 Å². The lowest BCUT2D eigenvalue weighted by Gasteiger charge is -2.28. The fraction of sp³-hybridized carbons (Fsp3) is 0.455. The molecule has 0 amide bonds. The van der Waals surface area contributed by atoms with E-state index in [9.17, 15) is 0 Å². The first-order valence-electron chi connectivity index (χ1n) is 4.52. The summed E-state index contributed by atoms with van der Waals surface area (Å²) in [4.78, 5) is 0. The molecule has 1 aromatic carbocycles. The number of rotatable bonds is 0. The van der Waals surface area contributed by atoms with E-state index in [0.717, 1.165) is 12.2 Å². The summed E-state index contributed by atoms with van der Waals surface area (Å²) in [7, 11) is 0. The molecule has 64 valence electrons. The van der Waals surface area contributed by atoms with Crippen LogP contribution in [-0.4, -0.2) is 6.10 Å². The van der Waals surface area contributed by atoms with Crippen molar-refractivity contribution < 1.29 is 4.74 Å². The Morgan fingerprint density at radius 2 is 2.00 bits per heavy atom. The molecule has 0 fully saturated rings. The molecular formula is C11H14O. The van der Waals surface area contributed by atoms with Gasteiger partial charge in [-0.05, 0) is 30.9 Å². The van der Waals surface area contributed by atoms with E-state index in [-0.39, 0.29) is 0 Å². The standard InChI is InChI=1S/C11H14O/c1-8-7-10-5-3-4-6-11(10)12-9(8)2/h3-6,8-9H,7H2,1-2H3/t8-,9-/m1/s1. The van der Waals surface area contributed by atoms with Crippen LogP contribution in [-0.2, 0) is 6.42 Å². The molecule has 1 nitrogen and oxygen atoms in total. The number of fused-ring (bicyclic) bond motifs is 1. The van der Waals surface area contributed by atoms with Gasteiger partial charge in [0.1, 0.15) is 5.75 Å². The third-order valence-corrected chi connectivity index (χ3v) is 2.63. The molecule has 0 bridgehead atoms. The summed E-state index contributed by atoms with van der Waals surface area (Å²) in [5.74, 6) is 1.71. The molecule has 0 saturated heterocycles. The van der Waals surface area contributed by atoms with Crippen LogP contribution < -0.4 is 4.74 Å². The zero-order chi connectivity index (χ0) is 8.55. The summed E-state index contributed by atoms with van der Waals surface area (Å²) in [5.41, 5.74) is 1.35. The van der Waals surface area contributed by atoms with E-state index in [4.69, 9.17) is 4.74 Å². The van der Waals surface area contributed by atoms with E-state index >= 15 is 0 Å². The predicted molar refractivity (Wildman–Crippen MR) is 49.4 cm³/mol. The second-order valence-corrected chi connectivity index (χ2v) is 3.61. The molecule has 0 radical (unpaired) electrons. The summed E-state index contributed by atoms with van der Waals surface area (Å²) < 4.78 is 5.74. The summed E-state index contributed by atoms with van der Waals surface area (Å²) in [5, 5.41) is 0. The first-order chi connectivity index (χ1) is 5.77. The SMILES string of the molecule is C[C@@H]1Cc2ccccc2O[C@@H]1C. The van der Waals surface area contributed by atoms with Gasteiger partial charge in [0.2, 0.25) is 0 Å². The minimum Gasteiger partial charge on any atom is -0.490 e. The van der Waals surface area contributed by atoms with Gasteiger partial charge in [-0.3, -0.25) is 0 Å². The maximum absolute atomic E-state index is 5.74. The normalized spacial score (nSPS) is 27.5. The van der Waals surface area contributed by atoms with Crippen LogP contribution >= 0.6 is 0 Å². The lowest BCUT2D eigenvalue weighted by atomic mass is 9.93. The van der Waals surface area contributed by atoms with Gasteiger partial charge in [-0.15, -0.1) is 0 Å². The fourth-order valence-electron chi connectivity index (χ4n) is 1.62. The third kappa shape index (κ3) is 1.20. The first-order valence-corrected chi connectivity index (χ1v) is 4.52. The monoisotopic (exact) mass is 162 g/mol. The minimum absolute atomic E-state index is 0.361. The Balaban J connectivity index is 2.34. The van der Waals surface area contributed by atoms with Crippen molar-refractivity contribution >= 4 is 0 Å². The second-order valence-electron chi connectivity index (χ2n) is 3.61. The van der Waals surface area contributed by atoms with Gasteiger partial charge in [-0.1, -0.05) is 25.1 Å². The summed E-state index contributed by atoms with van der Waals surface area (Å²) in [6, 6.07) is 8.31. The topological polar surface area (TPSA) is 9.23 Å². The van der Waals surface area contributed by atoms with Gasteiger partial charge in [-0.25, -0.2) is 0 Å². The van der Waals surface area contributed by atoms with Crippen molar-refractivity contribution in [2.24, 2.45) is 5.92 Å². The van der Waals surface area contributed by atoms with Crippen molar-refractivity contribution in [1.29, 1.82) is 0 Å². The maximum Gasteiger partial charge on any atom is 0.122 e. The molecule has 0 saturated carbocycles. The third-order valence-electron chi connectivity index (χ3n) is 2.63. The molecule has 0 aromatic heterocycles. The lowest BCUT2D eigenvalue weighted by molar-refractivity contribution is 0.140. The predicted octanol–water partition coefficient (Wildman–Crippen LogP) is 2.65. The molecule has 12 heavy (non-hydrogen) atoms. The zero-order valence-electron chi connectivity index (χ0n) is 7.58. The van der Waals surface area contributed by atoms with Crippen molar-refractivity contribution in [2.75, 3.05) is 0 Å². The van der Waals surface area contributed by atoms with Gasteiger partial charge >= 0.3 is 0 Å². The molecule has 1 aliphatic rings. The maximum atomic E-state index is 5.74. The van der Waals surface area contributed by atoms with Crippen LogP contribution in [0.4, 0.5) is 0 Å². The number of hydrogen-bond donors (Lipinski definition) is 0. The van der Waals surface area contributed by atoms with Gasteiger partial charge in [0.15, 0.2) is 0 Å². The van der Waals surface area contributed by atoms with Gasteiger partial charge < -0.3 is 4.74 Å². The lowest BCUT2D eigenvalue weighted by Crippen LogP contribution is -2.27. The van der Waals surface area contributed by atoms with Crippen LogP contribution in [0.3, 0.4) is 0 Å². The largest absolute Gasteiger partial charge is 0.490 e. The van der Waals surface area contributed by atoms with Crippen molar-refractivity contribution in [3.8, 4) is 5.75 Å². The van der Waals surface area contributed by atoms with Crippen LogP contribution in [0.25, 0.3) is 0 Å². The highest BCUT2D eigenvalue weighted by atomic mass is 16.5. The van der Waals surface area contributed by atoms with E-state index in [2.05, 4.69) is 32.0 Å². The molecule has 1 heteroatoms. The van der Waals surface area contributed by atoms with E-state index in [1.54, 1.807) is 0 Å². The molecule has 1 aromatic rings. The Labute approximate surface area is 73.4 Å². The number of ether oxygens (including phenoxy) is 1.